The first kappa shape index (κ1) is 13.2. The fourth-order valence-electron chi connectivity index (χ4n) is 2.36. The smallest absolute Gasteiger partial charge is 0.284 e. The van der Waals surface area contributed by atoms with Gasteiger partial charge in [0.05, 0.1) is 5.70 Å². The molecule has 0 aliphatic carbocycles. The molecular formula is C14H14N2O3S. The van der Waals surface area contributed by atoms with E-state index in [1.54, 1.807) is 0 Å². The highest BCUT2D eigenvalue weighted by Crippen LogP contribution is 2.45. The van der Waals surface area contributed by atoms with Crippen molar-refractivity contribution in [2.75, 3.05) is 6.61 Å². The van der Waals surface area contributed by atoms with Crippen molar-refractivity contribution in [3.63, 3.8) is 0 Å². The van der Waals surface area contributed by atoms with Gasteiger partial charge in [-0.3, -0.25) is 14.5 Å². The van der Waals surface area contributed by atoms with Crippen molar-refractivity contribution in [3.8, 4) is 0 Å². The van der Waals surface area contributed by atoms with Gasteiger partial charge < -0.3 is 10.1 Å². The van der Waals surface area contributed by atoms with Gasteiger partial charge >= 0.3 is 0 Å². The first-order valence-corrected chi connectivity index (χ1v) is 7.25. The van der Waals surface area contributed by atoms with E-state index in [2.05, 4.69) is 5.32 Å². The summed E-state index contributed by atoms with van der Waals surface area (Å²) in [5, 5.41) is 3.50. The molecule has 1 saturated heterocycles. The Morgan fingerprint density at radius 2 is 2.10 bits per heavy atom. The molecule has 0 unspecified atom stereocenters. The summed E-state index contributed by atoms with van der Waals surface area (Å²) in [7, 11) is 0. The van der Waals surface area contributed by atoms with Crippen LogP contribution in [0, 0.1) is 0 Å². The molecule has 0 radical (unpaired) electrons. The van der Waals surface area contributed by atoms with E-state index in [0.29, 0.717) is 6.61 Å². The molecule has 6 heteroatoms. The van der Waals surface area contributed by atoms with Crippen LogP contribution in [-0.4, -0.2) is 28.5 Å². The topological polar surface area (TPSA) is 58.6 Å². The number of hydrogen-bond donors (Lipinski definition) is 1. The molecule has 104 valence electrons. The molecule has 1 atom stereocenters. The zero-order valence-electron chi connectivity index (χ0n) is 11.0. The van der Waals surface area contributed by atoms with Gasteiger partial charge in [0.1, 0.15) is 6.42 Å². The molecule has 1 aromatic carbocycles. The molecule has 20 heavy (non-hydrogen) atoms. The van der Waals surface area contributed by atoms with Crippen molar-refractivity contribution in [1.82, 2.24) is 10.2 Å². The Labute approximate surface area is 121 Å². The lowest BCUT2D eigenvalue weighted by atomic mass is 10.1. The molecule has 5 nitrogen and oxygen atoms in total. The molecular weight excluding hydrogens is 276 g/mol. The minimum atomic E-state index is -1.13. The van der Waals surface area contributed by atoms with Crippen molar-refractivity contribution >= 4 is 29.3 Å². The first-order chi connectivity index (χ1) is 9.66. The SMILES string of the molecule is CCO[C@]12NC(=O)CC(=O)N1C(c1ccccc1)=CS2. The monoisotopic (exact) mass is 290 g/mol. The summed E-state index contributed by atoms with van der Waals surface area (Å²) in [6.45, 7) is 2.23. The Morgan fingerprint density at radius 1 is 1.35 bits per heavy atom. The van der Waals surface area contributed by atoms with Crippen LogP contribution in [0.25, 0.3) is 5.70 Å². The van der Waals surface area contributed by atoms with Crippen LogP contribution in [0.1, 0.15) is 18.9 Å². The highest BCUT2D eigenvalue weighted by Gasteiger charge is 2.52. The summed E-state index contributed by atoms with van der Waals surface area (Å²) in [4.78, 5) is 25.5. The van der Waals surface area contributed by atoms with E-state index < -0.39 is 5.18 Å². The van der Waals surface area contributed by atoms with E-state index in [4.69, 9.17) is 4.74 Å². The summed E-state index contributed by atoms with van der Waals surface area (Å²) in [5.41, 5.74) is 1.68. The molecule has 2 amide bonds. The molecule has 3 rings (SSSR count). The maximum Gasteiger partial charge on any atom is 0.284 e. The van der Waals surface area contributed by atoms with Crippen LogP contribution < -0.4 is 5.32 Å². The van der Waals surface area contributed by atoms with Crippen LogP contribution in [0.3, 0.4) is 0 Å². The standard InChI is InChI=1S/C14H14N2O3S/c1-2-19-14-15-12(17)8-13(18)16(14)11(9-20-14)10-6-4-3-5-7-10/h3-7,9H,2,8H2,1H3,(H,15,17)/t14-/m0/s1. The lowest BCUT2D eigenvalue weighted by Crippen LogP contribution is -2.63. The Hall–Kier alpha value is -1.79. The number of fused-ring (bicyclic) bond motifs is 1. The number of benzene rings is 1. The maximum absolute atomic E-state index is 12.3. The van der Waals surface area contributed by atoms with E-state index >= 15 is 0 Å². The minimum absolute atomic E-state index is 0.153. The van der Waals surface area contributed by atoms with Gasteiger partial charge in [0.15, 0.2) is 0 Å². The molecule has 1 N–H and O–H groups in total. The molecule has 2 heterocycles. The largest absolute Gasteiger partial charge is 0.329 e. The second kappa shape index (κ2) is 4.96. The number of ether oxygens (including phenoxy) is 1. The van der Waals surface area contributed by atoms with Crippen molar-refractivity contribution < 1.29 is 14.3 Å². The minimum Gasteiger partial charge on any atom is -0.329 e. The molecule has 0 saturated carbocycles. The maximum atomic E-state index is 12.3. The van der Waals surface area contributed by atoms with E-state index in [-0.39, 0.29) is 18.2 Å². The van der Waals surface area contributed by atoms with Gasteiger partial charge in [-0.05, 0) is 12.5 Å². The third kappa shape index (κ3) is 2.01. The second-order valence-electron chi connectivity index (χ2n) is 4.46. The molecule has 1 aromatic rings. The highest BCUT2D eigenvalue weighted by molar-refractivity contribution is 8.03. The summed E-state index contributed by atoms with van der Waals surface area (Å²) in [5.74, 6) is -0.558. The van der Waals surface area contributed by atoms with E-state index in [9.17, 15) is 9.59 Å². The van der Waals surface area contributed by atoms with Crippen molar-refractivity contribution in [2.24, 2.45) is 0 Å². The average molecular weight is 290 g/mol. The number of nitrogens with zero attached hydrogens (tertiary/aromatic N) is 1. The number of rotatable bonds is 3. The van der Waals surface area contributed by atoms with Crippen LogP contribution in [0.2, 0.25) is 0 Å². The Kier molecular flexibility index (Phi) is 3.27. The number of thioether (sulfide) groups is 1. The Morgan fingerprint density at radius 3 is 2.80 bits per heavy atom. The van der Waals surface area contributed by atoms with Gasteiger partial charge in [0.25, 0.3) is 5.18 Å². The fourth-order valence-corrected chi connectivity index (χ4v) is 3.53. The van der Waals surface area contributed by atoms with Gasteiger partial charge in [-0.2, -0.15) is 0 Å². The van der Waals surface area contributed by atoms with Crippen molar-refractivity contribution in [2.45, 2.75) is 18.5 Å². The number of carbonyl (C=O) groups excluding carboxylic acids is 2. The summed E-state index contributed by atoms with van der Waals surface area (Å²) >= 11 is 1.30. The number of nitrogens with one attached hydrogen (secondary N) is 1. The predicted octanol–water partition coefficient (Wildman–Crippen LogP) is 1.73. The van der Waals surface area contributed by atoms with E-state index in [1.807, 2.05) is 42.7 Å². The van der Waals surface area contributed by atoms with Gasteiger partial charge in [-0.1, -0.05) is 42.1 Å². The van der Waals surface area contributed by atoms with Crippen molar-refractivity contribution in [3.05, 3.63) is 41.3 Å². The predicted molar refractivity (Wildman–Crippen MR) is 76.0 cm³/mol. The Balaban J connectivity index is 2.00. The van der Waals surface area contributed by atoms with Gasteiger partial charge in [0, 0.05) is 12.0 Å². The van der Waals surface area contributed by atoms with Gasteiger partial charge in [0.2, 0.25) is 11.8 Å². The number of carbonyl (C=O) groups is 2. The zero-order chi connectivity index (χ0) is 14.2. The molecule has 2 aliphatic heterocycles. The molecule has 0 aromatic heterocycles. The molecule has 0 spiro atoms. The summed E-state index contributed by atoms with van der Waals surface area (Å²) in [6.07, 6.45) is -0.153. The van der Waals surface area contributed by atoms with Crippen LogP contribution >= 0.6 is 11.8 Å². The van der Waals surface area contributed by atoms with Gasteiger partial charge in [-0.15, -0.1) is 0 Å². The highest BCUT2D eigenvalue weighted by atomic mass is 32.2. The first-order valence-electron chi connectivity index (χ1n) is 6.38. The Bertz CT molecular complexity index is 587. The molecule has 2 aliphatic rings. The zero-order valence-corrected chi connectivity index (χ0v) is 11.8. The summed E-state index contributed by atoms with van der Waals surface area (Å²) < 4.78 is 5.67. The molecule has 0 bridgehead atoms. The van der Waals surface area contributed by atoms with E-state index in [0.717, 1.165) is 11.3 Å². The van der Waals surface area contributed by atoms with Crippen LogP contribution in [0.5, 0.6) is 0 Å². The molecule has 1 fully saturated rings. The van der Waals surface area contributed by atoms with Gasteiger partial charge in [-0.25, -0.2) is 0 Å². The lowest BCUT2D eigenvalue weighted by molar-refractivity contribution is -0.161. The average Bonchev–Trinajstić information content (AvgIpc) is 2.79. The third-order valence-electron chi connectivity index (χ3n) is 3.13. The second-order valence-corrected chi connectivity index (χ2v) is 5.48. The van der Waals surface area contributed by atoms with Crippen LogP contribution in [-0.2, 0) is 14.3 Å². The lowest BCUT2D eigenvalue weighted by Gasteiger charge is -2.41. The van der Waals surface area contributed by atoms with Crippen LogP contribution in [0.15, 0.2) is 35.7 Å². The van der Waals surface area contributed by atoms with Crippen LogP contribution in [0.4, 0.5) is 0 Å². The fraction of sp³-hybridized carbons (Fsp3) is 0.286. The quantitative estimate of drug-likeness (QED) is 0.861. The van der Waals surface area contributed by atoms with E-state index in [1.165, 1.54) is 16.7 Å². The third-order valence-corrected chi connectivity index (χ3v) is 4.20. The number of amides is 2. The number of hydrogen-bond acceptors (Lipinski definition) is 4. The summed E-state index contributed by atoms with van der Waals surface area (Å²) in [6, 6.07) is 9.60. The normalized spacial score (nSPS) is 25.2. The van der Waals surface area contributed by atoms with Crippen molar-refractivity contribution in [1.29, 1.82) is 0 Å².